The molecule has 0 bridgehead atoms. The van der Waals surface area contributed by atoms with E-state index in [4.69, 9.17) is 25.3 Å². The SMILES string of the molecule is CC(C)(C)C(OC(N)=O)(c1nnc2ccc(-c3csc(N4CCOCC4)n3)nn12)C(C)(C)C. The van der Waals surface area contributed by atoms with E-state index in [0.717, 1.165) is 23.9 Å². The first kappa shape index (κ1) is 23.4. The number of primary amides is 1. The van der Waals surface area contributed by atoms with Crippen molar-refractivity contribution in [2.24, 2.45) is 16.6 Å². The summed E-state index contributed by atoms with van der Waals surface area (Å²) in [5.41, 5.74) is 5.21. The zero-order valence-corrected chi connectivity index (χ0v) is 20.8. The smallest absolute Gasteiger partial charge is 0.405 e. The molecule has 178 valence electrons. The molecule has 2 N–H and O–H groups in total. The highest BCUT2D eigenvalue weighted by Crippen LogP contribution is 2.53. The molecule has 10 nitrogen and oxygen atoms in total. The van der Waals surface area contributed by atoms with Gasteiger partial charge in [0.15, 0.2) is 22.2 Å². The molecule has 1 aliphatic heterocycles. The van der Waals surface area contributed by atoms with Gasteiger partial charge in [0.2, 0.25) is 0 Å². The van der Waals surface area contributed by atoms with Crippen LogP contribution >= 0.6 is 11.3 Å². The number of thiazole rings is 1. The van der Waals surface area contributed by atoms with E-state index >= 15 is 0 Å². The van der Waals surface area contributed by atoms with Crippen molar-refractivity contribution < 1.29 is 14.3 Å². The van der Waals surface area contributed by atoms with Crippen molar-refractivity contribution in [2.75, 3.05) is 31.2 Å². The Balaban J connectivity index is 1.84. The monoisotopic (exact) mass is 473 g/mol. The van der Waals surface area contributed by atoms with Crippen molar-refractivity contribution in [1.82, 2.24) is 24.8 Å². The molecular weight excluding hydrogens is 442 g/mol. The third-order valence-corrected chi connectivity index (χ3v) is 6.88. The summed E-state index contributed by atoms with van der Waals surface area (Å²) in [5.74, 6) is 0.418. The zero-order valence-electron chi connectivity index (χ0n) is 20.0. The van der Waals surface area contributed by atoms with Crippen molar-refractivity contribution in [3.8, 4) is 11.4 Å². The molecule has 0 unspecified atom stereocenters. The molecule has 11 heteroatoms. The average Bonchev–Trinajstić information content (AvgIpc) is 3.38. The summed E-state index contributed by atoms with van der Waals surface area (Å²) in [6, 6.07) is 3.71. The summed E-state index contributed by atoms with van der Waals surface area (Å²) >= 11 is 1.58. The van der Waals surface area contributed by atoms with Crippen LogP contribution < -0.4 is 10.6 Å². The number of hydrogen-bond acceptors (Lipinski definition) is 9. The summed E-state index contributed by atoms with van der Waals surface area (Å²) in [5, 5.41) is 16.5. The van der Waals surface area contributed by atoms with E-state index in [1.165, 1.54) is 0 Å². The minimum absolute atomic E-state index is 0.418. The van der Waals surface area contributed by atoms with Gasteiger partial charge in [-0.3, -0.25) is 0 Å². The maximum absolute atomic E-state index is 12.1. The number of ether oxygens (including phenoxy) is 2. The first-order chi connectivity index (χ1) is 15.4. The number of aromatic nitrogens is 5. The average molecular weight is 474 g/mol. The molecule has 4 heterocycles. The summed E-state index contributed by atoms with van der Waals surface area (Å²) < 4.78 is 13.0. The largest absolute Gasteiger partial charge is 0.434 e. The van der Waals surface area contributed by atoms with Crippen LogP contribution in [-0.2, 0) is 15.1 Å². The highest BCUT2D eigenvalue weighted by atomic mass is 32.1. The second-order valence-electron chi connectivity index (χ2n) is 10.2. The van der Waals surface area contributed by atoms with E-state index in [-0.39, 0.29) is 0 Å². The van der Waals surface area contributed by atoms with Gasteiger partial charge < -0.3 is 20.1 Å². The second kappa shape index (κ2) is 8.21. The summed E-state index contributed by atoms with van der Waals surface area (Å²) in [6.45, 7) is 15.0. The molecule has 0 aliphatic carbocycles. The van der Waals surface area contributed by atoms with Crippen LogP contribution in [-0.4, -0.2) is 57.2 Å². The lowest BCUT2D eigenvalue weighted by Crippen LogP contribution is -2.55. The first-order valence-electron chi connectivity index (χ1n) is 10.9. The zero-order chi connectivity index (χ0) is 24.0. The fourth-order valence-electron chi connectivity index (χ4n) is 4.73. The van der Waals surface area contributed by atoms with E-state index < -0.39 is 22.5 Å². The fourth-order valence-corrected chi connectivity index (χ4v) is 5.60. The van der Waals surface area contributed by atoms with E-state index in [2.05, 4.69) is 15.1 Å². The molecule has 0 saturated carbocycles. The minimum atomic E-state index is -1.20. The molecule has 0 aromatic carbocycles. The minimum Gasteiger partial charge on any atom is -0.434 e. The van der Waals surface area contributed by atoms with Gasteiger partial charge in [-0.1, -0.05) is 41.5 Å². The van der Waals surface area contributed by atoms with Crippen molar-refractivity contribution in [1.29, 1.82) is 0 Å². The van der Waals surface area contributed by atoms with Crippen molar-refractivity contribution in [3.05, 3.63) is 23.3 Å². The fraction of sp³-hybridized carbons (Fsp3) is 0.591. The molecule has 1 aliphatic rings. The lowest BCUT2D eigenvalue weighted by atomic mass is 9.62. The Morgan fingerprint density at radius 1 is 1.06 bits per heavy atom. The maximum atomic E-state index is 12.1. The van der Waals surface area contributed by atoms with Gasteiger partial charge in [0.05, 0.1) is 13.2 Å². The predicted molar refractivity (Wildman–Crippen MR) is 126 cm³/mol. The van der Waals surface area contributed by atoms with Crippen molar-refractivity contribution in [3.63, 3.8) is 0 Å². The normalized spacial score (nSPS) is 15.8. The van der Waals surface area contributed by atoms with Crippen LogP contribution in [0.5, 0.6) is 0 Å². The molecular formula is C22H31N7O3S. The molecule has 0 atom stereocenters. The first-order valence-corrected chi connectivity index (χ1v) is 11.8. The van der Waals surface area contributed by atoms with Crippen LogP contribution in [0.2, 0.25) is 0 Å². The van der Waals surface area contributed by atoms with Gasteiger partial charge in [-0.05, 0) is 12.1 Å². The Morgan fingerprint density at radius 3 is 2.33 bits per heavy atom. The number of carbonyl (C=O) groups excluding carboxylic acids is 1. The number of fused-ring (bicyclic) bond motifs is 1. The molecule has 3 aromatic heterocycles. The van der Waals surface area contributed by atoms with Crippen LogP contribution in [0.15, 0.2) is 17.5 Å². The number of amides is 1. The Hall–Kier alpha value is -2.79. The Labute approximate surface area is 197 Å². The maximum Gasteiger partial charge on any atom is 0.405 e. The van der Waals surface area contributed by atoms with Crippen LogP contribution in [0, 0.1) is 10.8 Å². The second-order valence-corrected chi connectivity index (χ2v) is 11.1. The number of nitrogens with two attached hydrogens (primary N) is 1. The van der Waals surface area contributed by atoms with Crippen LogP contribution in [0.25, 0.3) is 17.0 Å². The number of anilines is 1. The van der Waals surface area contributed by atoms with Gasteiger partial charge >= 0.3 is 6.09 Å². The number of carbonyl (C=O) groups is 1. The van der Waals surface area contributed by atoms with E-state index in [0.29, 0.717) is 30.4 Å². The molecule has 33 heavy (non-hydrogen) atoms. The summed E-state index contributed by atoms with van der Waals surface area (Å²) in [6.07, 6.45) is -0.873. The molecule has 1 fully saturated rings. The highest BCUT2D eigenvalue weighted by molar-refractivity contribution is 7.14. The molecule has 1 amide bonds. The quantitative estimate of drug-likeness (QED) is 0.611. The Morgan fingerprint density at radius 2 is 1.73 bits per heavy atom. The lowest BCUT2D eigenvalue weighted by molar-refractivity contribution is -0.152. The topological polar surface area (TPSA) is 121 Å². The predicted octanol–water partition coefficient (Wildman–Crippen LogP) is 3.47. The van der Waals surface area contributed by atoms with Crippen LogP contribution in [0.3, 0.4) is 0 Å². The Kier molecular flexibility index (Phi) is 5.81. The van der Waals surface area contributed by atoms with E-state index in [1.807, 2.05) is 59.1 Å². The van der Waals surface area contributed by atoms with Gasteiger partial charge in [0.25, 0.3) is 0 Å². The number of morpholine rings is 1. The number of hydrogen-bond donors (Lipinski definition) is 1. The summed E-state index contributed by atoms with van der Waals surface area (Å²) in [4.78, 5) is 19.1. The van der Waals surface area contributed by atoms with Gasteiger partial charge in [0.1, 0.15) is 11.4 Å². The number of rotatable bonds is 4. The van der Waals surface area contributed by atoms with Gasteiger partial charge in [0, 0.05) is 29.3 Å². The molecule has 0 spiro atoms. The third kappa shape index (κ3) is 4.04. The van der Waals surface area contributed by atoms with Gasteiger partial charge in [-0.15, -0.1) is 21.5 Å². The lowest BCUT2D eigenvalue weighted by Gasteiger charge is -2.50. The van der Waals surface area contributed by atoms with Crippen LogP contribution in [0.1, 0.15) is 47.4 Å². The molecule has 1 saturated heterocycles. The molecule has 3 aromatic rings. The Bertz CT molecular complexity index is 1140. The number of nitrogens with zero attached hydrogens (tertiary/aromatic N) is 6. The van der Waals surface area contributed by atoms with E-state index in [1.54, 1.807) is 15.9 Å². The highest BCUT2D eigenvalue weighted by Gasteiger charge is 2.58. The van der Waals surface area contributed by atoms with Crippen LogP contribution in [0.4, 0.5) is 9.93 Å². The molecule has 0 radical (unpaired) electrons. The molecule has 4 rings (SSSR count). The standard InChI is InChI=1S/C22H31N7O3S/c1-20(2,3)22(21(4,5)6,32-18(23)30)17-26-25-16-8-7-14(27-29(16)17)15-13-33-19(24-15)28-9-11-31-12-10-28/h7-8,13H,9-12H2,1-6H3,(H2,23,30). The van der Waals surface area contributed by atoms with Crippen molar-refractivity contribution >= 4 is 28.2 Å². The van der Waals surface area contributed by atoms with E-state index in [9.17, 15) is 4.79 Å². The van der Waals surface area contributed by atoms with Crippen molar-refractivity contribution in [2.45, 2.75) is 47.1 Å². The van der Waals surface area contributed by atoms with Gasteiger partial charge in [-0.25, -0.2) is 9.78 Å². The third-order valence-electron chi connectivity index (χ3n) is 5.98. The summed E-state index contributed by atoms with van der Waals surface area (Å²) in [7, 11) is 0. The van der Waals surface area contributed by atoms with Gasteiger partial charge in [-0.2, -0.15) is 9.61 Å².